The molecule has 1 aromatic rings. The maximum Gasteiger partial charge on any atom is 0.227 e. The molecule has 2 aliphatic heterocycles. The van der Waals surface area contributed by atoms with E-state index in [9.17, 15) is 5.11 Å². The number of hydrogen-bond donors (Lipinski definition) is 1. The summed E-state index contributed by atoms with van der Waals surface area (Å²) in [5.74, 6) is 2.16. The van der Waals surface area contributed by atoms with Gasteiger partial charge in [-0.1, -0.05) is 19.3 Å². The summed E-state index contributed by atoms with van der Waals surface area (Å²) in [6, 6.07) is 2.74. The number of rotatable bonds is 4. The highest BCUT2D eigenvalue weighted by atomic mass is 16.5. The summed E-state index contributed by atoms with van der Waals surface area (Å²) in [4.78, 5) is 14.0. The summed E-state index contributed by atoms with van der Waals surface area (Å²) in [5.41, 5.74) is 1.09. The molecule has 2 saturated heterocycles. The summed E-state index contributed by atoms with van der Waals surface area (Å²) in [7, 11) is 2.17. The quantitative estimate of drug-likeness (QED) is 0.909. The number of ether oxygens (including phenoxy) is 1. The average Bonchev–Trinajstić information content (AvgIpc) is 3.13. The molecule has 4 rings (SSSR count). The molecule has 1 aromatic heterocycles. The van der Waals surface area contributed by atoms with E-state index in [4.69, 9.17) is 14.7 Å². The number of anilines is 2. The van der Waals surface area contributed by atoms with E-state index in [1.165, 1.54) is 32.1 Å². The third-order valence-corrected chi connectivity index (χ3v) is 5.70. The molecule has 0 unspecified atom stereocenters. The van der Waals surface area contributed by atoms with Crippen LogP contribution >= 0.6 is 0 Å². The van der Waals surface area contributed by atoms with Crippen LogP contribution in [-0.4, -0.2) is 60.6 Å². The van der Waals surface area contributed by atoms with Crippen LogP contribution in [0, 0.1) is 0 Å². The van der Waals surface area contributed by atoms with Crippen molar-refractivity contribution in [3.63, 3.8) is 0 Å². The first kappa shape index (κ1) is 16.1. The fraction of sp³-hybridized carbons (Fsp3) is 0.778. The van der Waals surface area contributed by atoms with E-state index in [1.807, 2.05) is 0 Å². The summed E-state index contributed by atoms with van der Waals surface area (Å²) < 4.78 is 5.56. The monoisotopic (exact) mass is 332 g/mol. The van der Waals surface area contributed by atoms with Crippen LogP contribution in [0.5, 0.6) is 0 Å². The highest BCUT2D eigenvalue weighted by Crippen LogP contribution is 2.31. The highest BCUT2D eigenvalue weighted by Gasteiger charge is 2.30. The van der Waals surface area contributed by atoms with Gasteiger partial charge < -0.3 is 19.6 Å². The van der Waals surface area contributed by atoms with E-state index in [-0.39, 0.29) is 6.10 Å². The molecular weight excluding hydrogens is 304 g/mol. The molecule has 0 bridgehead atoms. The van der Waals surface area contributed by atoms with Crippen molar-refractivity contribution in [3.8, 4) is 0 Å². The molecule has 0 amide bonds. The van der Waals surface area contributed by atoms with Gasteiger partial charge in [-0.25, -0.2) is 4.98 Å². The second-order valence-electron chi connectivity index (χ2n) is 7.47. The standard InChI is InChI=1S/C18H28N4O2/c1-21(14-5-3-2-4-6-14)17-9-16(13-7-8-24-12-13)19-18(20-17)22-10-15(23)11-22/h9,13-15,23H,2-8,10-12H2,1H3/t13-/m0/s1. The largest absolute Gasteiger partial charge is 0.389 e. The van der Waals surface area contributed by atoms with Crippen molar-refractivity contribution in [3.05, 3.63) is 11.8 Å². The maximum atomic E-state index is 9.62. The van der Waals surface area contributed by atoms with Gasteiger partial charge in [-0.05, 0) is 19.3 Å². The minimum Gasteiger partial charge on any atom is -0.389 e. The van der Waals surface area contributed by atoms with Crippen molar-refractivity contribution in [2.45, 2.75) is 56.6 Å². The summed E-state index contributed by atoms with van der Waals surface area (Å²) in [6.07, 6.45) is 7.27. The van der Waals surface area contributed by atoms with Crippen LogP contribution in [0.3, 0.4) is 0 Å². The lowest BCUT2D eigenvalue weighted by molar-refractivity contribution is 0.140. The molecule has 3 fully saturated rings. The number of hydrogen-bond acceptors (Lipinski definition) is 6. The van der Waals surface area contributed by atoms with Gasteiger partial charge in [-0.2, -0.15) is 4.98 Å². The lowest BCUT2D eigenvalue weighted by atomic mass is 9.94. The molecule has 6 nitrogen and oxygen atoms in total. The summed E-state index contributed by atoms with van der Waals surface area (Å²) in [6.45, 7) is 2.85. The lowest BCUT2D eigenvalue weighted by Gasteiger charge is -2.37. The SMILES string of the molecule is CN(c1cc([C@H]2CCOC2)nc(N2CC(O)C2)n1)C1CCCCC1. The van der Waals surface area contributed by atoms with Gasteiger partial charge in [0.2, 0.25) is 5.95 Å². The Morgan fingerprint density at radius 2 is 1.96 bits per heavy atom. The molecule has 1 aliphatic carbocycles. The molecule has 0 radical (unpaired) electrons. The maximum absolute atomic E-state index is 9.62. The molecular formula is C18H28N4O2. The van der Waals surface area contributed by atoms with Crippen molar-refractivity contribution in [2.24, 2.45) is 0 Å². The second-order valence-corrected chi connectivity index (χ2v) is 7.47. The minimum atomic E-state index is -0.244. The van der Waals surface area contributed by atoms with Crippen molar-refractivity contribution in [2.75, 3.05) is 43.2 Å². The first-order valence-electron chi connectivity index (χ1n) is 9.33. The molecule has 132 valence electrons. The van der Waals surface area contributed by atoms with Crippen LogP contribution in [-0.2, 0) is 4.74 Å². The van der Waals surface area contributed by atoms with Crippen LogP contribution in [0.15, 0.2) is 6.07 Å². The van der Waals surface area contributed by atoms with Gasteiger partial charge in [0.05, 0.1) is 18.4 Å². The number of aliphatic hydroxyl groups excluding tert-OH is 1. The van der Waals surface area contributed by atoms with E-state index in [2.05, 4.69) is 22.9 Å². The fourth-order valence-corrected chi connectivity index (χ4v) is 4.01. The van der Waals surface area contributed by atoms with Crippen molar-refractivity contribution in [1.82, 2.24) is 9.97 Å². The minimum absolute atomic E-state index is 0.244. The Bertz CT molecular complexity index is 564. The van der Waals surface area contributed by atoms with Gasteiger partial charge in [0.1, 0.15) is 5.82 Å². The molecule has 24 heavy (non-hydrogen) atoms. The molecule has 3 heterocycles. The van der Waals surface area contributed by atoms with Crippen LogP contribution in [0.2, 0.25) is 0 Å². The Hall–Kier alpha value is -1.40. The van der Waals surface area contributed by atoms with Crippen molar-refractivity contribution in [1.29, 1.82) is 0 Å². The smallest absolute Gasteiger partial charge is 0.227 e. The lowest BCUT2D eigenvalue weighted by Crippen LogP contribution is -2.51. The van der Waals surface area contributed by atoms with Gasteiger partial charge in [-0.15, -0.1) is 0 Å². The zero-order chi connectivity index (χ0) is 16.5. The Labute approximate surface area is 143 Å². The van der Waals surface area contributed by atoms with Crippen molar-refractivity contribution >= 4 is 11.8 Å². The molecule has 0 aromatic carbocycles. The van der Waals surface area contributed by atoms with Crippen LogP contribution < -0.4 is 9.80 Å². The number of nitrogens with zero attached hydrogens (tertiary/aromatic N) is 4. The Kier molecular flexibility index (Phi) is 4.59. The Morgan fingerprint density at radius 1 is 1.17 bits per heavy atom. The number of aromatic nitrogens is 2. The van der Waals surface area contributed by atoms with Crippen LogP contribution in [0.25, 0.3) is 0 Å². The van der Waals surface area contributed by atoms with E-state index >= 15 is 0 Å². The van der Waals surface area contributed by atoms with E-state index in [0.29, 0.717) is 25.0 Å². The second kappa shape index (κ2) is 6.84. The predicted molar refractivity (Wildman–Crippen MR) is 93.7 cm³/mol. The molecule has 1 saturated carbocycles. The fourth-order valence-electron chi connectivity index (χ4n) is 4.01. The molecule has 3 aliphatic rings. The first-order chi connectivity index (χ1) is 11.7. The molecule has 1 N–H and O–H groups in total. The third kappa shape index (κ3) is 3.22. The third-order valence-electron chi connectivity index (χ3n) is 5.70. The molecule has 6 heteroatoms. The first-order valence-corrected chi connectivity index (χ1v) is 9.33. The topological polar surface area (TPSA) is 61.7 Å². The summed E-state index contributed by atoms with van der Waals surface area (Å²) >= 11 is 0. The Morgan fingerprint density at radius 3 is 2.62 bits per heavy atom. The van der Waals surface area contributed by atoms with E-state index in [0.717, 1.165) is 37.1 Å². The van der Waals surface area contributed by atoms with Gasteiger partial charge in [-0.3, -0.25) is 0 Å². The zero-order valence-electron chi connectivity index (χ0n) is 14.5. The van der Waals surface area contributed by atoms with Gasteiger partial charge in [0.25, 0.3) is 0 Å². The predicted octanol–water partition coefficient (Wildman–Crippen LogP) is 1.93. The molecule has 0 spiro atoms. The van der Waals surface area contributed by atoms with Gasteiger partial charge in [0.15, 0.2) is 0 Å². The van der Waals surface area contributed by atoms with Crippen molar-refractivity contribution < 1.29 is 9.84 Å². The normalized spacial score (nSPS) is 25.8. The molecule has 1 atom stereocenters. The number of aliphatic hydroxyl groups is 1. The van der Waals surface area contributed by atoms with Gasteiger partial charge >= 0.3 is 0 Å². The van der Waals surface area contributed by atoms with Gasteiger partial charge in [0, 0.05) is 44.8 Å². The summed E-state index contributed by atoms with van der Waals surface area (Å²) in [5, 5.41) is 9.62. The number of β-amino-alcohol motifs (C(OH)–C–C–N with tert-alkyl or cyclic N) is 1. The van der Waals surface area contributed by atoms with Crippen LogP contribution in [0.1, 0.15) is 50.1 Å². The zero-order valence-corrected chi connectivity index (χ0v) is 14.5. The van der Waals surface area contributed by atoms with E-state index in [1.54, 1.807) is 0 Å². The average molecular weight is 332 g/mol. The highest BCUT2D eigenvalue weighted by molar-refractivity contribution is 5.48. The van der Waals surface area contributed by atoms with E-state index < -0.39 is 0 Å². The van der Waals surface area contributed by atoms with Crippen LogP contribution in [0.4, 0.5) is 11.8 Å². The Balaban J connectivity index is 1.61.